The summed E-state index contributed by atoms with van der Waals surface area (Å²) >= 11 is 0. The quantitative estimate of drug-likeness (QED) is 0.469. The van der Waals surface area contributed by atoms with Gasteiger partial charge in [0, 0.05) is 36.5 Å². The maximum Gasteiger partial charge on any atom is 0.270 e. The number of benzene rings is 1. The van der Waals surface area contributed by atoms with Crippen LogP contribution in [0.25, 0.3) is 0 Å². The number of rotatable bonds is 3. The molecule has 0 saturated carbocycles. The van der Waals surface area contributed by atoms with Crippen molar-refractivity contribution >= 4 is 27.0 Å². The number of anilines is 1. The van der Waals surface area contributed by atoms with E-state index in [1.54, 1.807) is 4.90 Å². The van der Waals surface area contributed by atoms with Gasteiger partial charge in [-0.15, -0.1) is 0 Å². The van der Waals surface area contributed by atoms with E-state index < -0.39 is 14.8 Å². The first-order valence-corrected chi connectivity index (χ1v) is 7.87. The van der Waals surface area contributed by atoms with Gasteiger partial charge in [0.1, 0.15) is 0 Å². The number of carbonyl (C=O) groups excluding carboxylic acids is 1. The molecule has 108 valence electrons. The van der Waals surface area contributed by atoms with Gasteiger partial charge in [-0.3, -0.25) is 14.9 Å². The van der Waals surface area contributed by atoms with Gasteiger partial charge in [-0.05, 0) is 13.0 Å². The van der Waals surface area contributed by atoms with Crippen molar-refractivity contribution in [3.05, 3.63) is 33.9 Å². The number of carbonyl (C=O) groups is 1. The molecule has 1 aromatic carbocycles. The molecule has 7 nitrogen and oxygen atoms in total. The van der Waals surface area contributed by atoms with Crippen LogP contribution in [0.2, 0.25) is 0 Å². The van der Waals surface area contributed by atoms with Crippen LogP contribution >= 0.6 is 0 Å². The lowest BCUT2D eigenvalue weighted by atomic mass is 10.1. The molecule has 0 bridgehead atoms. The van der Waals surface area contributed by atoms with Crippen molar-refractivity contribution in [3.63, 3.8) is 0 Å². The highest BCUT2D eigenvalue weighted by molar-refractivity contribution is 7.91. The maximum absolute atomic E-state index is 11.6. The number of nitro benzene ring substituents is 1. The second kappa shape index (κ2) is 5.20. The van der Waals surface area contributed by atoms with Crippen LogP contribution in [0.3, 0.4) is 0 Å². The Bertz CT molecular complexity index is 654. The highest BCUT2D eigenvalue weighted by Gasteiger charge is 2.25. The molecule has 1 fully saturated rings. The molecule has 8 heteroatoms. The van der Waals surface area contributed by atoms with Gasteiger partial charge < -0.3 is 4.90 Å². The van der Waals surface area contributed by atoms with Crippen LogP contribution in [-0.2, 0) is 9.84 Å². The van der Waals surface area contributed by atoms with Crippen molar-refractivity contribution in [2.24, 2.45) is 0 Å². The summed E-state index contributed by atoms with van der Waals surface area (Å²) in [6.07, 6.45) is 0. The van der Waals surface area contributed by atoms with Gasteiger partial charge in [0.2, 0.25) is 0 Å². The Morgan fingerprint density at radius 2 is 1.90 bits per heavy atom. The minimum Gasteiger partial charge on any atom is -0.369 e. The van der Waals surface area contributed by atoms with E-state index in [0.29, 0.717) is 18.8 Å². The molecule has 0 N–H and O–H groups in total. The summed E-state index contributed by atoms with van der Waals surface area (Å²) in [4.78, 5) is 23.6. The molecule has 1 aromatic rings. The van der Waals surface area contributed by atoms with Gasteiger partial charge in [-0.1, -0.05) is 0 Å². The second-order valence-corrected chi connectivity index (χ2v) is 6.96. The molecule has 20 heavy (non-hydrogen) atoms. The van der Waals surface area contributed by atoms with Crippen LogP contribution in [0.1, 0.15) is 17.3 Å². The molecule has 0 aromatic heterocycles. The number of nitrogens with zero attached hydrogens (tertiary/aromatic N) is 2. The Hall–Kier alpha value is -1.96. The number of ketones is 1. The van der Waals surface area contributed by atoms with Crippen molar-refractivity contribution in [2.75, 3.05) is 29.5 Å². The van der Waals surface area contributed by atoms with Gasteiger partial charge in [0.25, 0.3) is 5.69 Å². The topological polar surface area (TPSA) is 97.6 Å². The summed E-state index contributed by atoms with van der Waals surface area (Å²) in [7, 11) is -3.01. The van der Waals surface area contributed by atoms with E-state index in [4.69, 9.17) is 0 Å². The predicted octanol–water partition coefficient (Wildman–Crippen LogP) is 1.03. The minimum absolute atomic E-state index is 0.0291. The van der Waals surface area contributed by atoms with E-state index >= 15 is 0 Å². The molecule has 0 aliphatic carbocycles. The molecular weight excluding hydrogens is 284 g/mol. The van der Waals surface area contributed by atoms with E-state index in [0.717, 1.165) is 0 Å². The molecule has 0 spiro atoms. The number of non-ortho nitro benzene ring substituents is 1. The zero-order valence-corrected chi connectivity index (χ0v) is 11.7. The van der Waals surface area contributed by atoms with E-state index in [2.05, 4.69) is 0 Å². The lowest BCUT2D eigenvalue weighted by Gasteiger charge is -2.29. The van der Waals surface area contributed by atoms with Crippen LogP contribution in [-0.4, -0.2) is 43.7 Å². The van der Waals surface area contributed by atoms with Crippen LogP contribution in [0.15, 0.2) is 18.2 Å². The van der Waals surface area contributed by atoms with Crippen molar-refractivity contribution in [1.82, 2.24) is 0 Å². The molecule has 1 saturated heterocycles. The Balaban J connectivity index is 2.37. The van der Waals surface area contributed by atoms with Crippen molar-refractivity contribution < 1.29 is 18.1 Å². The van der Waals surface area contributed by atoms with Gasteiger partial charge in [0.15, 0.2) is 15.6 Å². The third kappa shape index (κ3) is 2.96. The molecule has 1 heterocycles. The van der Waals surface area contributed by atoms with Crippen molar-refractivity contribution in [2.45, 2.75) is 6.92 Å². The summed E-state index contributed by atoms with van der Waals surface area (Å²) < 4.78 is 22.8. The lowest BCUT2D eigenvalue weighted by molar-refractivity contribution is -0.384. The number of sulfone groups is 1. The zero-order valence-electron chi connectivity index (χ0n) is 10.9. The normalized spacial score (nSPS) is 17.8. The number of nitro groups is 1. The SMILES string of the molecule is CC(=O)c1cc([N+](=O)[O-])ccc1N1CCS(=O)(=O)CC1. The largest absolute Gasteiger partial charge is 0.369 e. The highest BCUT2D eigenvalue weighted by atomic mass is 32.2. The molecule has 0 unspecified atom stereocenters. The standard InChI is InChI=1S/C12H14N2O5S/c1-9(15)11-8-10(14(16)17)2-3-12(11)13-4-6-20(18,19)7-5-13/h2-3,8H,4-7H2,1H3. The van der Waals surface area contributed by atoms with Crippen LogP contribution in [0, 0.1) is 10.1 Å². The van der Waals surface area contributed by atoms with Gasteiger partial charge in [-0.25, -0.2) is 8.42 Å². The van der Waals surface area contributed by atoms with Crippen LogP contribution in [0.4, 0.5) is 11.4 Å². The van der Waals surface area contributed by atoms with Crippen LogP contribution in [0.5, 0.6) is 0 Å². The lowest BCUT2D eigenvalue weighted by Crippen LogP contribution is -2.40. The fraction of sp³-hybridized carbons (Fsp3) is 0.417. The first-order valence-electron chi connectivity index (χ1n) is 6.05. The highest BCUT2D eigenvalue weighted by Crippen LogP contribution is 2.27. The zero-order chi connectivity index (χ0) is 14.9. The smallest absolute Gasteiger partial charge is 0.270 e. The fourth-order valence-electron chi connectivity index (χ4n) is 2.15. The minimum atomic E-state index is -3.01. The summed E-state index contributed by atoms with van der Waals surface area (Å²) in [6.45, 7) is 1.92. The number of Topliss-reactive ketones (excluding diaryl/α,β-unsaturated/α-hetero) is 1. The van der Waals surface area contributed by atoms with Gasteiger partial charge in [0.05, 0.1) is 16.4 Å². The Kier molecular flexibility index (Phi) is 3.76. The average molecular weight is 298 g/mol. The fourth-order valence-corrected chi connectivity index (χ4v) is 3.35. The first-order chi connectivity index (χ1) is 9.30. The number of hydrogen-bond acceptors (Lipinski definition) is 6. The summed E-state index contributed by atoms with van der Waals surface area (Å²) in [5, 5.41) is 10.7. The Morgan fingerprint density at radius 1 is 1.30 bits per heavy atom. The van der Waals surface area contributed by atoms with Crippen molar-refractivity contribution in [3.8, 4) is 0 Å². The van der Waals surface area contributed by atoms with E-state index in [-0.39, 0.29) is 28.5 Å². The first kappa shape index (κ1) is 14.4. The van der Waals surface area contributed by atoms with E-state index in [1.807, 2.05) is 0 Å². The summed E-state index contributed by atoms with van der Waals surface area (Å²) in [6, 6.07) is 4.07. The third-order valence-electron chi connectivity index (χ3n) is 3.26. The molecule has 0 amide bonds. The molecular formula is C12H14N2O5S. The molecule has 0 atom stereocenters. The van der Waals surface area contributed by atoms with Gasteiger partial charge in [-0.2, -0.15) is 0 Å². The third-order valence-corrected chi connectivity index (χ3v) is 4.86. The van der Waals surface area contributed by atoms with Crippen molar-refractivity contribution in [1.29, 1.82) is 0 Å². The summed E-state index contributed by atoms with van der Waals surface area (Å²) in [5.41, 5.74) is 0.653. The molecule has 1 aliphatic heterocycles. The molecule has 1 aliphatic rings. The average Bonchev–Trinajstić information content (AvgIpc) is 2.38. The monoisotopic (exact) mass is 298 g/mol. The van der Waals surface area contributed by atoms with E-state index in [9.17, 15) is 23.3 Å². The maximum atomic E-state index is 11.6. The number of hydrogen-bond donors (Lipinski definition) is 0. The van der Waals surface area contributed by atoms with Crippen LogP contribution < -0.4 is 4.90 Å². The Morgan fingerprint density at radius 3 is 2.40 bits per heavy atom. The Labute approximate surface area is 116 Å². The molecule has 0 radical (unpaired) electrons. The predicted molar refractivity (Wildman–Crippen MR) is 74.0 cm³/mol. The summed E-state index contributed by atoms with van der Waals surface area (Å²) in [5.74, 6) is -0.222. The van der Waals surface area contributed by atoms with Gasteiger partial charge >= 0.3 is 0 Å². The molecule has 2 rings (SSSR count). The van der Waals surface area contributed by atoms with E-state index in [1.165, 1.54) is 25.1 Å². The second-order valence-electron chi connectivity index (χ2n) is 4.65.